The summed E-state index contributed by atoms with van der Waals surface area (Å²) >= 11 is 0. The van der Waals surface area contributed by atoms with E-state index in [9.17, 15) is 4.79 Å². The SMILES string of the molecule is COCc1[nH]nc2c1c(=O)n(CCCN)c1ccccc21. The molecule has 3 aromatic rings. The number of aromatic amines is 1. The molecule has 0 aliphatic rings. The summed E-state index contributed by atoms with van der Waals surface area (Å²) in [6, 6.07) is 7.80. The van der Waals surface area contributed by atoms with Crippen molar-refractivity contribution >= 4 is 21.8 Å². The first kappa shape index (κ1) is 13.8. The first-order valence-electron chi connectivity index (χ1n) is 6.95. The van der Waals surface area contributed by atoms with E-state index < -0.39 is 0 Å². The highest BCUT2D eigenvalue weighted by Gasteiger charge is 2.16. The third-order valence-electron chi connectivity index (χ3n) is 3.62. The molecule has 0 saturated heterocycles. The van der Waals surface area contributed by atoms with Crippen molar-refractivity contribution in [3.63, 3.8) is 0 Å². The first-order chi connectivity index (χ1) is 10.3. The molecule has 0 aliphatic heterocycles. The van der Waals surface area contributed by atoms with Gasteiger partial charge in [0.1, 0.15) is 5.52 Å². The van der Waals surface area contributed by atoms with Crippen molar-refractivity contribution in [2.24, 2.45) is 5.73 Å². The molecule has 0 bridgehead atoms. The number of para-hydroxylation sites is 1. The van der Waals surface area contributed by atoms with E-state index >= 15 is 0 Å². The maximum absolute atomic E-state index is 12.8. The van der Waals surface area contributed by atoms with Crippen LogP contribution in [-0.4, -0.2) is 28.4 Å². The van der Waals surface area contributed by atoms with Crippen molar-refractivity contribution in [1.29, 1.82) is 0 Å². The number of nitrogens with zero attached hydrogens (tertiary/aromatic N) is 2. The van der Waals surface area contributed by atoms with Gasteiger partial charge in [-0.1, -0.05) is 18.2 Å². The Kier molecular flexibility index (Phi) is 3.72. The van der Waals surface area contributed by atoms with Gasteiger partial charge in [0, 0.05) is 19.0 Å². The fourth-order valence-electron chi connectivity index (χ4n) is 2.68. The first-order valence-corrected chi connectivity index (χ1v) is 6.95. The summed E-state index contributed by atoms with van der Waals surface area (Å²) in [5, 5.41) is 8.79. The minimum absolute atomic E-state index is 0.0436. The number of aromatic nitrogens is 3. The summed E-state index contributed by atoms with van der Waals surface area (Å²) in [6.45, 7) is 1.49. The maximum Gasteiger partial charge on any atom is 0.262 e. The molecule has 110 valence electrons. The van der Waals surface area contributed by atoms with E-state index in [-0.39, 0.29) is 5.56 Å². The molecule has 6 heteroatoms. The van der Waals surface area contributed by atoms with Crippen molar-refractivity contribution in [2.45, 2.75) is 19.6 Å². The zero-order valence-corrected chi connectivity index (χ0v) is 11.9. The van der Waals surface area contributed by atoms with Gasteiger partial charge in [0.25, 0.3) is 5.56 Å². The van der Waals surface area contributed by atoms with Gasteiger partial charge in [-0.3, -0.25) is 9.89 Å². The Morgan fingerprint density at radius 3 is 2.95 bits per heavy atom. The molecule has 0 unspecified atom stereocenters. The van der Waals surface area contributed by atoms with Crippen LogP contribution in [0.4, 0.5) is 0 Å². The highest BCUT2D eigenvalue weighted by atomic mass is 16.5. The monoisotopic (exact) mass is 286 g/mol. The number of benzene rings is 1. The molecule has 3 rings (SSSR count). The number of H-pyrrole nitrogens is 1. The predicted molar refractivity (Wildman–Crippen MR) is 82.2 cm³/mol. The smallest absolute Gasteiger partial charge is 0.262 e. The molecule has 1 aromatic carbocycles. The highest BCUT2D eigenvalue weighted by Crippen LogP contribution is 2.23. The molecule has 0 fully saturated rings. The number of nitrogens with one attached hydrogen (secondary N) is 1. The Morgan fingerprint density at radius 2 is 2.19 bits per heavy atom. The minimum atomic E-state index is -0.0436. The molecule has 2 aromatic heterocycles. The van der Waals surface area contributed by atoms with Crippen molar-refractivity contribution < 1.29 is 4.74 Å². The van der Waals surface area contributed by atoms with Crippen molar-refractivity contribution in [3.8, 4) is 0 Å². The number of fused-ring (bicyclic) bond motifs is 3. The van der Waals surface area contributed by atoms with Crippen LogP contribution < -0.4 is 11.3 Å². The molecule has 0 aliphatic carbocycles. The van der Waals surface area contributed by atoms with E-state index in [1.165, 1.54) is 0 Å². The Balaban J connectivity index is 2.37. The molecular formula is C15H18N4O2. The van der Waals surface area contributed by atoms with E-state index in [0.717, 1.165) is 17.3 Å². The number of pyridine rings is 1. The van der Waals surface area contributed by atoms with E-state index in [1.54, 1.807) is 11.7 Å². The van der Waals surface area contributed by atoms with Crippen LogP contribution in [0.5, 0.6) is 0 Å². The molecule has 3 N–H and O–H groups in total. The van der Waals surface area contributed by atoms with Gasteiger partial charge < -0.3 is 15.0 Å². The quantitative estimate of drug-likeness (QED) is 0.742. The number of methoxy groups -OCH3 is 1. The summed E-state index contributed by atoms with van der Waals surface area (Å²) in [4.78, 5) is 12.8. The van der Waals surface area contributed by atoms with Crippen LogP contribution in [-0.2, 0) is 17.9 Å². The Hall–Kier alpha value is -2.18. The van der Waals surface area contributed by atoms with Gasteiger partial charge in [0.15, 0.2) is 0 Å². The van der Waals surface area contributed by atoms with Crippen LogP contribution in [0.15, 0.2) is 29.1 Å². The second kappa shape index (κ2) is 5.67. The zero-order valence-electron chi connectivity index (χ0n) is 11.9. The van der Waals surface area contributed by atoms with Gasteiger partial charge in [-0.25, -0.2) is 0 Å². The van der Waals surface area contributed by atoms with Crippen LogP contribution in [0, 0.1) is 0 Å². The lowest BCUT2D eigenvalue weighted by atomic mass is 10.1. The Morgan fingerprint density at radius 1 is 1.38 bits per heavy atom. The maximum atomic E-state index is 12.8. The van der Waals surface area contributed by atoms with E-state index in [0.29, 0.717) is 36.3 Å². The molecule has 0 atom stereocenters. The molecule has 0 spiro atoms. The highest BCUT2D eigenvalue weighted by molar-refractivity contribution is 6.03. The molecule has 21 heavy (non-hydrogen) atoms. The van der Waals surface area contributed by atoms with Crippen molar-refractivity contribution in [2.75, 3.05) is 13.7 Å². The lowest BCUT2D eigenvalue weighted by molar-refractivity contribution is 0.182. The number of rotatable bonds is 5. The van der Waals surface area contributed by atoms with E-state index in [1.807, 2.05) is 24.3 Å². The lowest BCUT2D eigenvalue weighted by Gasteiger charge is -2.10. The van der Waals surface area contributed by atoms with Crippen LogP contribution in [0.1, 0.15) is 12.1 Å². The third-order valence-corrected chi connectivity index (χ3v) is 3.62. The predicted octanol–water partition coefficient (Wildman–Crippen LogP) is 1.37. The van der Waals surface area contributed by atoms with Gasteiger partial charge in [0.2, 0.25) is 0 Å². The topological polar surface area (TPSA) is 85.9 Å². The summed E-state index contributed by atoms with van der Waals surface area (Å²) in [6.07, 6.45) is 0.757. The number of hydrogen-bond donors (Lipinski definition) is 2. The molecule has 2 heterocycles. The number of nitrogens with two attached hydrogens (primary N) is 1. The summed E-state index contributed by atoms with van der Waals surface area (Å²) < 4.78 is 6.92. The molecular weight excluding hydrogens is 268 g/mol. The van der Waals surface area contributed by atoms with Gasteiger partial charge in [-0.2, -0.15) is 5.10 Å². The normalized spacial score (nSPS) is 11.5. The standard InChI is InChI=1S/C15H18N4O2/c1-21-9-11-13-14(18-17-11)10-5-2-3-6-12(10)19(15(13)20)8-4-7-16/h2-3,5-6H,4,7-9,16H2,1H3,(H,17,18). The van der Waals surface area contributed by atoms with Crippen LogP contribution in [0.25, 0.3) is 21.8 Å². The van der Waals surface area contributed by atoms with Gasteiger partial charge in [-0.15, -0.1) is 0 Å². The van der Waals surface area contributed by atoms with Crippen LogP contribution >= 0.6 is 0 Å². The Labute approximate surface area is 121 Å². The average Bonchev–Trinajstić information content (AvgIpc) is 2.92. The van der Waals surface area contributed by atoms with Crippen LogP contribution in [0.3, 0.4) is 0 Å². The summed E-state index contributed by atoms with van der Waals surface area (Å²) in [5.41, 5.74) is 7.84. The van der Waals surface area contributed by atoms with E-state index in [2.05, 4.69) is 10.2 Å². The Bertz CT molecular complexity index is 835. The molecule has 0 saturated carbocycles. The second-order valence-electron chi connectivity index (χ2n) is 4.97. The zero-order chi connectivity index (χ0) is 14.8. The van der Waals surface area contributed by atoms with Gasteiger partial charge in [0.05, 0.1) is 23.2 Å². The second-order valence-corrected chi connectivity index (χ2v) is 4.97. The average molecular weight is 286 g/mol. The van der Waals surface area contributed by atoms with Crippen molar-refractivity contribution in [1.82, 2.24) is 14.8 Å². The third kappa shape index (κ3) is 2.22. The lowest BCUT2D eigenvalue weighted by Crippen LogP contribution is -2.22. The van der Waals surface area contributed by atoms with E-state index in [4.69, 9.17) is 10.5 Å². The van der Waals surface area contributed by atoms with Crippen molar-refractivity contribution in [3.05, 3.63) is 40.3 Å². The largest absolute Gasteiger partial charge is 0.378 e. The minimum Gasteiger partial charge on any atom is -0.378 e. The number of ether oxygens (including phenoxy) is 1. The molecule has 6 nitrogen and oxygen atoms in total. The molecule has 0 radical (unpaired) electrons. The van der Waals surface area contributed by atoms with Crippen LogP contribution in [0.2, 0.25) is 0 Å². The number of aryl methyl sites for hydroxylation is 1. The number of hydrogen-bond acceptors (Lipinski definition) is 4. The molecule has 0 amide bonds. The van der Waals surface area contributed by atoms with Gasteiger partial charge >= 0.3 is 0 Å². The summed E-state index contributed by atoms with van der Waals surface area (Å²) in [5.74, 6) is 0. The fraction of sp³-hybridized carbons (Fsp3) is 0.333. The summed E-state index contributed by atoms with van der Waals surface area (Å²) in [7, 11) is 1.60. The van der Waals surface area contributed by atoms with Gasteiger partial charge in [-0.05, 0) is 19.0 Å². The fourth-order valence-corrected chi connectivity index (χ4v) is 2.68.